The van der Waals surface area contributed by atoms with Gasteiger partial charge in [0, 0.05) is 13.0 Å². The zero-order valence-corrected chi connectivity index (χ0v) is 7.80. The minimum absolute atomic E-state index is 0.831. The van der Waals surface area contributed by atoms with Gasteiger partial charge in [-0.25, -0.2) is 5.53 Å². The van der Waals surface area contributed by atoms with Crippen LogP contribution < -0.4 is 5.32 Å². The van der Waals surface area contributed by atoms with Crippen molar-refractivity contribution in [2.24, 2.45) is 5.11 Å². The molecule has 0 aromatic heterocycles. The molecule has 12 heavy (non-hydrogen) atoms. The van der Waals surface area contributed by atoms with Crippen LogP contribution in [0.1, 0.15) is 19.8 Å². The van der Waals surface area contributed by atoms with Crippen LogP contribution in [0.25, 0.3) is 0 Å². The Morgan fingerprint density at radius 1 is 1.58 bits per heavy atom. The summed E-state index contributed by atoms with van der Waals surface area (Å²) < 4.78 is 0. The molecule has 68 valence electrons. The Morgan fingerprint density at radius 3 is 2.83 bits per heavy atom. The zero-order valence-electron chi connectivity index (χ0n) is 7.80. The van der Waals surface area contributed by atoms with E-state index in [4.69, 9.17) is 5.53 Å². The van der Waals surface area contributed by atoms with E-state index in [1.54, 1.807) is 0 Å². The Balaban J connectivity index is 3.78. The molecule has 3 heteroatoms. The molecular formula is C9H17N3. The van der Waals surface area contributed by atoms with E-state index in [-0.39, 0.29) is 0 Å². The lowest BCUT2D eigenvalue weighted by molar-refractivity contribution is 0.765. The molecule has 0 fully saturated rings. The fourth-order valence-corrected chi connectivity index (χ4v) is 0.797. The Kier molecular flexibility index (Phi) is 7.49. The molecule has 0 amide bonds. The first kappa shape index (κ1) is 11.0. The average Bonchev–Trinajstić information content (AvgIpc) is 2.11. The van der Waals surface area contributed by atoms with Crippen molar-refractivity contribution in [3.05, 3.63) is 23.9 Å². The quantitative estimate of drug-likeness (QED) is 0.463. The zero-order chi connectivity index (χ0) is 9.23. The molecule has 0 saturated heterocycles. The van der Waals surface area contributed by atoms with Gasteiger partial charge in [-0.05, 0) is 20.4 Å². The van der Waals surface area contributed by atoms with Crippen molar-refractivity contribution in [1.82, 2.24) is 5.32 Å². The van der Waals surface area contributed by atoms with Crippen molar-refractivity contribution in [3.8, 4) is 0 Å². The molecule has 0 aromatic rings. The summed E-state index contributed by atoms with van der Waals surface area (Å²) in [7, 11) is 1.90. The maximum Gasteiger partial charge on any atom is 0.0599 e. The minimum Gasteiger partial charge on any atom is -0.319 e. The normalized spacial score (nSPS) is 12.3. The summed E-state index contributed by atoms with van der Waals surface area (Å²) in [6.07, 6.45) is 7.72. The smallest absolute Gasteiger partial charge is 0.0599 e. The maximum absolute atomic E-state index is 6.88. The van der Waals surface area contributed by atoms with Crippen LogP contribution in [0.15, 0.2) is 29.0 Å². The largest absolute Gasteiger partial charge is 0.319 e. The highest BCUT2D eigenvalue weighted by Gasteiger charge is 1.91. The monoisotopic (exact) mass is 167 g/mol. The van der Waals surface area contributed by atoms with E-state index >= 15 is 0 Å². The molecular weight excluding hydrogens is 150 g/mol. The van der Waals surface area contributed by atoms with E-state index in [1.165, 1.54) is 0 Å². The number of rotatable bonds is 6. The molecule has 0 aliphatic carbocycles. The summed E-state index contributed by atoms with van der Waals surface area (Å²) in [4.78, 5) is 0. The average molecular weight is 167 g/mol. The predicted molar refractivity (Wildman–Crippen MR) is 51.2 cm³/mol. The van der Waals surface area contributed by atoms with Gasteiger partial charge < -0.3 is 5.32 Å². The van der Waals surface area contributed by atoms with Crippen molar-refractivity contribution < 1.29 is 0 Å². The van der Waals surface area contributed by atoms with Gasteiger partial charge in [-0.3, -0.25) is 0 Å². The summed E-state index contributed by atoms with van der Waals surface area (Å²) in [6, 6.07) is 0. The van der Waals surface area contributed by atoms with Crippen LogP contribution in [0, 0.1) is 5.53 Å². The number of hydrogen-bond donors (Lipinski definition) is 2. The molecule has 0 atom stereocenters. The summed E-state index contributed by atoms with van der Waals surface area (Å²) >= 11 is 0. The minimum atomic E-state index is 0.831. The first-order valence-corrected chi connectivity index (χ1v) is 4.17. The summed E-state index contributed by atoms with van der Waals surface area (Å²) in [5.74, 6) is 0. The van der Waals surface area contributed by atoms with Gasteiger partial charge in [-0.15, -0.1) is 0 Å². The standard InChI is InChI=1S/C9H17N3/c1-3-4-5-6-9(12-10)7-8-11-2/h3-4,6,10-11H,5,7-8H2,1-2H3/b4-3?,9-6+,12-10?. The topological polar surface area (TPSA) is 48.2 Å². The molecule has 0 aliphatic heterocycles. The third-order valence-corrected chi connectivity index (χ3v) is 1.50. The van der Waals surface area contributed by atoms with Crippen molar-refractivity contribution in [3.63, 3.8) is 0 Å². The molecule has 0 spiro atoms. The van der Waals surface area contributed by atoms with Gasteiger partial charge in [0.25, 0.3) is 0 Å². The Labute approximate surface area is 74.1 Å². The Hall–Kier alpha value is -0.960. The van der Waals surface area contributed by atoms with Gasteiger partial charge in [0.1, 0.15) is 0 Å². The lowest BCUT2D eigenvalue weighted by atomic mass is 10.2. The van der Waals surface area contributed by atoms with Crippen LogP contribution >= 0.6 is 0 Å². The molecule has 0 aromatic carbocycles. The molecule has 0 bridgehead atoms. The van der Waals surface area contributed by atoms with Crippen LogP contribution in [0.5, 0.6) is 0 Å². The number of nitrogens with one attached hydrogen (secondary N) is 2. The summed E-state index contributed by atoms with van der Waals surface area (Å²) in [5.41, 5.74) is 7.73. The van der Waals surface area contributed by atoms with Crippen molar-refractivity contribution in [2.45, 2.75) is 19.8 Å². The fourth-order valence-electron chi connectivity index (χ4n) is 0.797. The number of allylic oxidation sites excluding steroid dienone is 3. The first-order chi connectivity index (χ1) is 5.85. The van der Waals surface area contributed by atoms with Gasteiger partial charge in [-0.1, -0.05) is 18.2 Å². The highest BCUT2D eigenvalue weighted by atomic mass is 15.0. The Bertz CT molecular complexity index is 171. The first-order valence-electron chi connectivity index (χ1n) is 4.17. The highest BCUT2D eigenvalue weighted by molar-refractivity contribution is 5.02. The highest BCUT2D eigenvalue weighted by Crippen LogP contribution is 2.03. The molecule has 0 radical (unpaired) electrons. The van der Waals surface area contributed by atoms with Crippen molar-refractivity contribution in [2.75, 3.05) is 13.6 Å². The van der Waals surface area contributed by atoms with E-state index in [1.807, 2.05) is 32.2 Å². The molecule has 0 unspecified atom stereocenters. The summed E-state index contributed by atoms with van der Waals surface area (Å²) in [6.45, 7) is 2.86. The van der Waals surface area contributed by atoms with E-state index in [9.17, 15) is 0 Å². The maximum atomic E-state index is 6.88. The van der Waals surface area contributed by atoms with Crippen LogP contribution in [-0.2, 0) is 0 Å². The molecule has 3 nitrogen and oxygen atoms in total. The molecule has 0 saturated carbocycles. The summed E-state index contributed by atoms with van der Waals surface area (Å²) in [5, 5.41) is 6.46. The van der Waals surface area contributed by atoms with Crippen LogP contribution in [-0.4, -0.2) is 13.6 Å². The molecule has 0 rings (SSSR count). The second kappa shape index (κ2) is 8.14. The predicted octanol–water partition coefficient (Wildman–Crippen LogP) is 2.48. The van der Waals surface area contributed by atoms with E-state index < -0.39 is 0 Å². The fraction of sp³-hybridized carbons (Fsp3) is 0.556. The van der Waals surface area contributed by atoms with Crippen LogP contribution in [0.3, 0.4) is 0 Å². The van der Waals surface area contributed by atoms with Gasteiger partial charge in [0.2, 0.25) is 0 Å². The number of nitrogens with zero attached hydrogens (tertiary/aromatic N) is 1. The molecule has 0 heterocycles. The van der Waals surface area contributed by atoms with Crippen molar-refractivity contribution in [1.29, 1.82) is 5.53 Å². The third-order valence-electron chi connectivity index (χ3n) is 1.50. The van der Waals surface area contributed by atoms with Gasteiger partial charge in [0.05, 0.1) is 5.70 Å². The second-order valence-corrected chi connectivity index (χ2v) is 2.47. The SMILES string of the molecule is CC=CC/C=C(\CCNC)N=N. The molecule has 2 N–H and O–H groups in total. The lowest BCUT2D eigenvalue weighted by Gasteiger charge is -1.97. The lowest BCUT2D eigenvalue weighted by Crippen LogP contribution is -2.07. The van der Waals surface area contributed by atoms with Gasteiger partial charge in [0.15, 0.2) is 0 Å². The van der Waals surface area contributed by atoms with Crippen LogP contribution in [0.4, 0.5) is 0 Å². The molecule has 0 aliphatic rings. The van der Waals surface area contributed by atoms with Crippen LogP contribution in [0.2, 0.25) is 0 Å². The van der Waals surface area contributed by atoms with E-state index in [0.29, 0.717) is 0 Å². The Morgan fingerprint density at radius 2 is 2.33 bits per heavy atom. The number of hydrogen-bond acceptors (Lipinski definition) is 3. The van der Waals surface area contributed by atoms with Gasteiger partial charge >= 0.3 is 0 Å². The van der Waals surface area contributed by atoms with Crippen molar-refractivity contribution >= 4 is 0 Å². The third kappa shape index (κ3) is 5.80. The van der Waals surface area contributed by atoms with E-state index in [0.717, 1.165) is 25.1 Å². The van der Waals surface area contributed by atoms with E-state index in [2.05, 4.69) is 10.4 Å². The van der Waals surface area contributed by atoms with Gasteiger partial charge in [-0.2, -0.15) is 5.11 Å². The second-order valence-electron chi connectivity index (χ2n) is 2.47.